The van der Waals surface area contributed by atoms with Gasteiger partial charge in [0.25, 0.3) is 5.91 Å². The highest BCUT2D eigenvalue weighted by molar-refractivity contribution is 6.37. The third-order valence-corrected chi connectivity index (χ3v) is 2.98. The molecule has 4 nitrogen and oxygen atoms in total. The molecule has 2 aliphatic heterocycles. The highest BCUT2D eigenvalue weighted by Crippen LogP contribution is 2.22. The van der Waals surface area contributed by atoms with E-state index in [1.165, 1.54) is 0 Å². The summed E-state index contributed by atoms with van der Waals surface area (Å²) in [6.45, 7) is 3.31. The quantitative estimate of drug-likeness (QED) is 0.570. The largest absolute Gasteiger partial charge is 0.378 e. The van der Waals surface area contributed by atoms with Crippen molar-refractivity contribution < 1.29 is 14.3 Å². The lowest BCUT2D eigenvalue weighted by molar-refractivity contribution is -0.142. The lowest BCUT2D eigenvalue weighted by Crippen LogP contribution is -2.43. The Kier molecular flexibility index (Phi) is 2.54. The predicted octanol–water partition coefficient (Wildman–Crippen LogP) is 0.355. The molecule has 78 valence electrons. The van der Waals surface area contributed by atoms with Crippen LogP contribution in [0.3, 0.4) is 0 Å². The molecule has 0 aliphatic carbocycles. The van der Waals surface area contributed by atoms with Crippen LogP contribution in [-0.2, 0) is 14.3 Å². The van der Waals surface area contributed by atoms with Gasteiger partial charge in [0.05, 0.1) is 6.10 Å². The molecule has 2 fully saturated rings. The van der Waals surface area contributed by atoms with Crippen molar-refractivity contribution in [1.82, 2.24) is 4.90 Å². The summed E-state index contributed by atoms with van der Waals surface area (Å²) in [6.07, 6.45) is 2.32. The summed E-state index contributed by atoms with van der Waals surface area (Å²) in [6, 6.07) is 0.220. The van der Waals surface area contributed by atoms with Crippen LogP contribution in [0.25, 0.3) is 0 Å². The van der Waals surface area contributed by atoms with Crippen LogP contribution in [-0.4, -0.2) is 41.9 Å². The number of ether oxygens (including phenoxy) is 1. The van der Waals surface area contributed by atoms with E-state index < -0.39 is 0 Å². The molecule has 0 bridgehead atoms. The van der Waals surface area contributed by atoms with Crippen molar-refractivity contribution in [2.24, 2.45) is 0 Å². The first-order valence-electron chi connectivity index (χ1n) is 5.14. The van der Waals surface area contributed by atoms with Gasteiger partial charge in [0.2, 0.25) is 5.78 Å². The number of rotatable bonds is 1. The van der Waals surface area contributed by atoms with E-state index in [0.717, 1.165) is 12.8 Å². The molecular weight excluding hydrogens is 182 g/mol. The third-order valence-electron chi connectivity index (χ3n) is 2.98. The van der Waals surface area contributed by atoms with Gasteiger partial charge in [-0.15, -0.1) is 0 Å². The van der Waals surface area contributed by atoms with Crippen molar-refractivity contribution in [3.05, 3.63) is 0 Å². The van der Waals surface area contributed by atoms with Crippen LogP contribution in [0.1, 0.15) is 26.2 Å². The molecule has 1 amide bonds. The molecule has 2 aliphatic rings. The summed E-state index contributed by atoms with van der Waals surface area (Å²) in [7, 11) is 0. The first-order chi connectivity index (χ1) is 6.68. The Morgan fingerprint density at radius 1 is 1.43 bits per heavy atom. The Bertz CT molecular complexity index is 264. The SMILES string of the molecule is CC1CC(N2CCC(=O)C2=O)CCO1. The zero-order chi connectivity index (χ0) is 10.1. The smallest absolute Gasteiger partial charge is 0.290 e. The van der Waals surface area contributed by atoms with Crippen molar-refractivity contribution in [2.45, 2.75) is 38.3 Å². The average molecular weight is 197 g/mol. The van der Waals surface area contributed by atoms with Crippen molar-refractivity contribution in [2.75, 3.05) is 13.2 Å². The molecule has 0 aromatic carbocycles. The average Bonchev–Trinajstić information content (AvgIpc) is 2.48. The van der Waals surface area contributed by atoms with Gasteiger partial charge in [-0.3, -0.25) is 9.59 Å². The van der Waals surface area contributed by atoms with E-state index in [4.69, 9.17) is 4.74 Å². The van der Waals surface area contributed by atoms with Crippen LogP contribution < -0.4 is 0 Å². The van der Waals surface area contributed by atoms with E-state index in [2.05, 4.69) is 0 Å². The lowest BCUT2D eigenvalue weighted by Gasteiger charge is -2.33. The Labute approximate surface area is 83.2 Å². The maximum absolute atomic E-state index is 11.4. The number of carbonyl (C=O) groups excluding carboxylic acids is 2. The summed E-state index contributed by atoms with van der Waals surface area (Å²) >= 11 is 0. The second-order valence-electron chi connectivity index (χ2n) is 4.03. The highest BCUT2D eigenvalue weighted by Gasteiger charge is 2.36. The van der Waals surface area contributed by atoms with Gasteiger partial charge in [0.1, 0.15) is 0 Å². The van der Waals surface area contributed by atoms with E-state index in [-0.39, 0.29) is 23.8 Å². The van der Waals surface area contributed by atoms with Crippen LogP contribution in [0.15, 0.2) is 0 Å². The molecular formula is C10H15NO3. The van der Waals surface area contributed by atoms with Gasteiger partial charge in [-0.05, 0) is 19.8 Å². The number of hydrogen-bond donors (Lipinski definition) is 0. The molecule has 0 saturated carbocycles. The number of nitrogens with zero attached hydrogens (tertiary/aromatic N) is 1. The summed E-state index contributed by atoms with van der Waals surface area (Å²) < 4.78 is 5.41. The monoisotopic (exact) mass is 197 g/mol. The van der Waals surface area contributed by atoms with Crippen molar-refractivity contribution in [3.63, 3.8) is 0 Å². The van der Waals surface area contributed by atoms with E-state index in [9.17, 15) is 9.59 Å². The summed E-state index contributed by atoms with van der Waals surface area (Å²) in [5.74, 6) is -0.520. The van der Waals surface area contributed by atoms with Gasteiger partial charge >= 0.3 is 0 Å². The van der Waals surface area contributed by atoms with Crippen LogP contribution in [0.4, 0.5) is 0 Å². The number of amides is 1. The van der Waals surface area contributed by atoms with Gasteiger partial charge in [0.15, 0.2) is 0 Å². The van der Waals surface area contributed by atoms with Gasteiger partial charge in [-0.25, -0.2) is 0 Å². The normalized spacial score (nSPS) is 33.9. The van der Waals surface area contributed by atoms with Gasteiger partial charge in [-0.1, -0.05) is 0 Å². The maximum atomic E-state index is 11.4. The fourth-order valence-corrected chi connectivity index (χ4v) is 2.20. The topological polar surface area (TPSA) is 46.6 Å². The minimum Gasteiger partial charge on any atom is -0.378 e. The molecule has 2 heterocycles. The molecule has 0 spiro atoms. The number of carbonyl (C=O) groups is 2. The standard InChI is InChI=1S/C10H15NO3/c1-7-6-8(3-5-14-7)11-4-2-9(12)10(11)13/h7-8H,2-6H2,1H3. The molecule has 4 heteroatoms. The van der Waals surface area contributed by atoms with E-state index in [1.807, 2.05) is 6.92 Å². The van der Waals surface area contributed by atoms with E-state index in [1.54, 1.807) is 4.90 Å². The molecule has 0 aromatic heterocycles. The van der Waals surface area contributed by atoms with Crippen molar-refractivity contribution in [1.29, 1.82) is 0 Å². The molecule has 14 heavy (non-hydrogen) atoms. The molecule has 0 radical (unpaired) electrons. The third kappa shape index (κ3) is 1.66. The fraction of sp³-hybridized carbons (Fsp3) is 0.800. The first kappa shape index (κ1) is 9.65. The maximum Gasteiger partial charge on any atom is 0.290 e. The number of Topliss-reactive ketones (excluding diaryl/α,β-unsaturated/α-hetero) is 1. The Morgan fingerprint density at radius 3 is 2.79 bits per heavy atom. The highest BCUT2D eigenvalue weighted by atomic mass is 16.5. The zero-order valence-corrected chi connectivity index (χ0v) is 8.36. The molecule has 2 rings (SSSR count). The van der Waals surface area contributed by atoms with Crippen LogP contribution >= 0.6 is 0 Å². The Hall–Kier alpha value is -0.900. The second-order valence-corrected chi connectivity index (χ2v) is 4.03. The Balaban J connectivity index is 2.01. The minimum atomic E-state index is -0.288. The fourth-order valence-electron chi connectivity index (χ4n) is 2.20. The number of hydrogen-bond acceptors (Lipinski definition) is 3. The van der Waals surface area contributed by atoms with Crippen LogP contribution in [0.5, 0.6) is 0 Å². The van der Waals surface area contributed by atoms with E-state index in [0.29, 0.717) is 19.6 Å². The zero-order valence-electron chi connectivity index (χ0n) is 8.36. The summed E-state index contributed by atoms with van der Waals surface area (Å²) in [5.41, 5.74) is 0. The lowest BCUT2D eigenvalue weighted by atomic mass is 10.0. The Morgan fingerprint density at radius 2 is 2.21 bits per heavy atom. The summed E-state index contributed by atoms with van der Waals surface area (Å²) in [4.78, 5) is 24.3. The molecule has 0 aromatic rings. The van der Waals surface area contributed by atoms with Crippen molar-refractivity contribution in [3.8, 4) is 0 Å². The van der Waals surface area contributed by atoms with Crippen molar-refractivity contribution >= 4 is 11.7 Å². The summed E-state index contributed by atoms with van der Waals surface area (Å²) in [5, 5.41) is 0. The number of likely N-dealkylation sites (tertiary alicyclic amines) is 1. The first-order valence-corrected chi connectivity index (χ1v) is 5.14. The molecule has 0 N–H and O–H groups in total. The number of ketones is 1. The van der Waals surface area contributed by atoms with Crippen LogP contribution in [0, 0.1) is 0 Å². The van der Waals surface area contributed by atoms with Gasteiger partial charge in [0, 0.05) is 25.6 Å². The predicted molar refractivity (Wildman–Crippen MR) is 49.8 cm³/mol. The molecule has 2 saturated heterocycles. The molecule has 2 unspecified atom stereocenters. The second kappa shape index (κ2) is 3.69. The minimum absolute atomic E-state index is 0.206. The molecule has 2 atom stereocenters. The van der Waals surface area contributed by atoms with Gasteiger partial charge in [-0.2, -0.15) is 0 Å². The van der Waals surface area contributed by atoms with E-state index >= 15 is 0 Å². The van der Waals surface area contributed by atoms with Gasteiger partial charge < -0.3 is 9.64 Å². The van der Waals surface area contributed by atoms with Crippen LogP contribution in [0.2, 0.25) is 0 Å².